The minimum atomic E-state index is -1.33. The molecule has 3 rings (SSSR count). The smallest absolute Gasteiger partial charge is 0.339 e. The molecule has 2 aromatic rings. The molecular formula is C20H21NO6S. The Hall–Kier alpha value is -2.87. The van der Waals surface area contributed by atoms with Crippen LogP contribution >= 0.6 is 0 Å². The second-order valence-corrected chi connectivity index (χ2v) is 7.57. The lowest BCUT2D eigenvalue weighted by atomic mass is 10.1. The van der Waals surface area contributed by atoms with Crippen LogP contribution in [0.3, 0.4) is 0 Å². The highest BCUT2D eigenvalue weighted by atomic mass is 32.2. The molecule has 0 radical (unpaired) electrons. The van der Waals surface area contributed by atoms with Crippen molar-refractivity contribution in [3.8, 4) is 11.5 Å². The molecule has 7 nitrogen and oxygen atoms in total. The van der Waals surface area contributed by atoms with Gasteiger partial charge in [-0.2, -0.15) is 0 Å². The van der Waals surface area contributed by atoms with E-state index in [1.807, 2.05) is 19.1 Å². The average Bonchev–Trinajstić information content (AvgIpc) is 2.71. The van der Waals surface area contributed by atoms with Gasteiger partial charge in [-0.1, -0.05) is 18.2 Å². The van der Waals surface area contributed by atoms with Gasteiger partial charge in [0.1, 0.15) is 13.2 Å². The minimum Gasteiger partial charge on any atom is -0.486 e. The molecule has 8 heteroatoms. The maximum absolute atomic E-state index is 12.2. The molecule has 0 unspecified atom stereocenters. The zero-order valence-corrected chi connectivity index (χ0v) is 16.4. The van der Waals surface area contributed by atoms with Crippen molar-refractivity contribution in [2.45, 2.75) is 17.9 Å². The predicted octanol–water partition coefficient (Wildman–Crippen LogP) is 2.23. The molecule has 2 aromatic carbocycles. The molecule has 1 heterocycles. The van der Waals surface area contributed by atoms with Gasteiger partial charge >= 0.3 is 5.97 Å². The molecule has 0 bridgehead atoms. The highest BCUT2D eigenvalue weighted by Gasteiger charge is 2.18. The Morgan fingerprint density at radius 1 is 1.14 bits per heavy atom. The van der Waals surface area contributed by atoms with E-state index in [1.165, 1.54) is 12.3 Å². The number of hydrogen-bond donors (Lipinski definition) is 1. The van der Waals surface area contributed by atoms with Crippen LogP contribution in [-0.2, 0) is 20.3 Å². The summed E-state index contributed by atoms with van der Waals surface area (Å²) in [5.41, 5.74) is 1.03. The van der Waals surface area contributed by atoms with Crippen LogP contribution < -0.4 is 14.8 Å². The quantitative estimate of drug-likeness (QED) is 0.744. The van der Waals surface area contributed by atoms with Crippen LogP contribution in [0.1, 0.15) is 28.9 Å². The molecule has 1 amide bonds. The lowest BCUT2D eigenvalue weighted by molar-refractivity contribution is -0.124. The van der Waals surface area contributed by atoms with Crippen LogP contribution in [0.25, 0.3) is 0 Å². The van der Waals surface area contributed by atoms with Crippen LogP contribution in [0, 0.1) is 0 Å². The number of rotatable bonds is 6. The Bertz CT molecular complexity index is 913. The maximum atomic E-state index is 12.2. The Kier molecular flexibility index (Phi) is 6.30. The Morgan fingerprint density at radius 2 is 1.86 bits per heavy atom. The average molecular weight is 403 g/mol. The number of hydrogen-bond acceptors (Lipinski definition) is 6. The number of nitrogens with one attached hydrogen (secondary N) is 1. The van der Waals surface area contributed by atoms with E-state index >= 15 is 0 Å². The Balaban J connectivity index is 1.57. The van der Waals surface area contributed by atoms with Gasteiger partial charge in [0, 0.05) is 6.26 Å². The number of amides is 1. The standard InChI is InChI=1S/C20H21NO6S/c1-13(14-7-8-16-17(11-14)26-10-9-25-16)21-19(22)12-27-20(23)15-5-3-4-6-18(15)28(2)24/h3-8,11,13H,9-10,12H2,1-2H3,(H,21,22)/t13-,28-/m1/s1. The first-order valence-electron chi connectivity index (χ1n) is 8.74. The molecule has 0 aromatic heterocycles. The van der Waals surface area contributed by atoms with Crippen molar-refractivity contribution in [1.29, 1.82) is 0 Å². The van der Waals surface area contributed by atoms with Gasteiger partial charge in [0.15, 0.2) is 18.1 Å². The van der Waals surface area contributed by atoms with Crippen LogP contribution in [0.2, 0.25) is 0 Å². The zero-order chi connectivity index (χ0) is 20.1. The number of carbonyl (C=O) groups excluding carboxylic acids is 2. The minimum absolute atomic E-state index is 0.191. The molecule has 0 spiro atoms. The number of carbonyl (C=O) groups is 2. The lowest BCUT2D eigenvalue weighted by Gasteiger charge is -2.21. The van der Waals surface area contributed by atoms with Gasteiger partial charge in [-0.15, -0.1) is 0 Å². The molecule has 28 heavy (non-hydrogen) atoms. The van der Waals surface area contributed by atoms with Crippen molar-refractivity contribution in [3.63, 3.8) is 0 Å². The van der Waals surface area contributed by atoms with Crippen molar-refractivity contribution in [2.24, 2.45) is 0 Å². The van der Waals surface area contributed by atoms with Gasteiger partial charge in [0.05, 0.1) is 27.3 Å². The summed E-state index contributed by atoms with van der Waals surface area (Å²) in [5, 5.41) is 2.77. The van der Waals surface area contributed by atoms with Gasteiger partial charge < -0.3 is 19.5 Å². The number of ether oxygens (including phenoxy) is 3. The van der Waals surface area contributed by atoms with Crippen molar-refractivity contribution in [1.82, 2.24) is 5.32 Å². The molecule has 2 atom stereocenters. The van der Waals surface area contributed by atoms with E-state index < -0.39 is 29.3 Å². The van der Waals surface area contributed by atoms with Gasteiger partial charge in [0.25, 0.3) is 5.91 Å². The van der Waals surface area contributed by atoms with E-state index in [0.29, 0.717) is 29.6 Å². The third-order valence-corrected chi connectivity index (χ3v) is 5.17. The second kappa shape index (κ2) is 8.88. The van der Waals surface area contributed by atoms with Crippen molar-refractivity contribution < 1.29 is 28.0 Å². The first-order chi connectivity index (χ1) is 13.5. The fraction of sp³-hybridized carbons (Fsp3) is 0.300. The molecule has 0 fully saturated rings. The summed E-state index contributed by atoms with van der Waals surface area (Å²) >= 11 is 0. The highest BCUT2D eigenvalue weighted by molar-refractivity contribution is 7.84. The van der Waals surface area contributed by atoms with E-state index in [9.17, 15) is 13.8 Å². The summed E-state index contributed by atoms with van der Waals surface area (Å²) in [6.07, 6.45) is 1.48. The second-order valence-electron chi connectivity index (χ2n) is 6.22. The topological polar surface area (TPSA) is 90.9 Å². The van der Waals surface area contributed by atoms with E-state index in [1.54, 1.807) is 24.3 Å². The van der Waals surface area contributed by atoms with E-state index in [2.05, 4.69) is 5.32 Å². The van der Waals surface area contributed by atoms with Crippen LogP contribution in [0.15, 0.2) is 47.4 Å². The molecule has 148 valence electrons. The Labute approximate surface area is 165 Å². The molecule has 1 aliphatic rings. The first-order valence-corrected chi connectivity index (χ1v) is 10.3. The zero-order valence-electron chi connectivity index (χ0n) is 15.6. The summed E-state index contributed by atoms with van der Waals surface area (Å²) in [4.78, 5) is 24.8. The van der Waals surface area contributed by atoms with Crippen molar-refractivity contribution in [2.75, 3.05) is 26.1 Å². The fourth-order valence-corrected chi connectivity index (χ4v) is 3.52. The van der Waals surface area contributed by atoms with Crippen molar-refractivity contribution >= 4 is 22.7 Å². The van der Waals surface area contributed by atoms with Gasteiger partial charge in [-0.3, -0.25) is 9.00 Å². The van der Waals surface area contributed by atoms with Crippen molar-refractivity contribution in [3.05, 3.63) is 53.6 Å². The summed E-state index contributed by atoms with van der Waals surface area (Å²) < 4.78 is 27.8. The summed E-state index contributed by atoms with van der Waals surface area (Å²) in [6, 6.07) is 11.6. The van der Waals surface area contributed by atoms with Gasteiger partial charge in [-0.05, 0) is 36.8 Å². The molecule has 1 aliphatic heterocycles. The summed E-state index contributed by atoms with van der Waals surface area (Å²) in [6.45, 7) is 2.38. The third kappa shape index (κ3) is 4.69. The predicted molar refractivity (Wildman–Crippen MR) is 103 cm³/mol. The molecule has 0 saturated heterocycles. The number of esters is 1. The van der Waals surface area contributed by atoms with E-state index in [4.69, 9.17) is 14.2 Å². The summed E-state index contributed by atoms with van der Waals surface area (Å²) in [5.74, 6) is 0.189. The third-order valence-electron chi connectivity index (χ3n) is 4.19. The molecule has 0 aliphatic carbocycles. The van der Waals surface area contributed by atoms with Gasteiger partial charge in [-0.25, -0.2) is 4.79 Å². The SMILES string of the molecule is C[C@@H](NC(=O)COC(=O)c1ccccc1[S@@](C)=O)c1ccc2c(c1)OCCO2. The van der Waals surface area contributed by atoms with Crippen LogP contribution in [-0.4, -0.2) is 42.2 Å². The number of benzene rings is 2. The van der Waals surface area contributed by atoms with Crippen LogP contribution in [0.4, 0.5) is 0 Å². The monoisotopic (exact) mass is 403 g/mol. The lowest BCUT2D eigenvalue weighted by Crippen LogP contribution is -2.31. The molecule has 1 N–H and O–H groups in total. The first kappa shape index (κ1) is 19.9. The molecular weight excluding hydrogens is 382 g/mol. The summed E-state index contributed by atoms with van der Waals surface area (Å²) in [7, 11) is -1.33. The largest absolute Gasteiger partial charge is 0.486 e. The van der Waals surface area contributed by atoms with E-state index in [0.717, 1.165) is 5.56 Å². The normalized spacial score (nSPS) is 14.6. The molecule has 0 saturated carbocycles. The number of fused-ring (bicyclic) bond motifs is 1. The van der Waals surface area contributed by atoms with Gasteiger partial charge in [0.2, 0.25) is 0 Å². The maximum Gasteiger partial charge on any atom is 0.339 e. The Morgan fingerprint density at radius 3 is 2.61 bits per heavy atom. The van der Waals surface area contributed by atoms with Crippen LogP contribution in [0.5, 0.6) is 11.5 Å². The fourth-order valence-electron chi connectivity index (χ4n) is 2.79. The van der Waals surface area contributed by atoms with E-state index in [-0.39, 0.29) is 11.6 Å². The highest BCUT2D eigenvalue weighted by Crippen LogP contribution is 2.32.